The minimum Gasteiger partial charge on any atom is -0.293 e. The number of aliphatic imine (C=N–C) groups is 1. The quantitative estimate of drug-likeness (QED) is 0.419. The van der Waals surface area contributed by atoms with Gasteiger partial charge in [-0.3, -0.25) is 4.99 Å². The SMILES string of the molecule is C=C/C=C(\CC)C(C)=NC. The maximum absolute atomic E-state index is 4.08. The molecule has 1 nitrogen and oxygen atoms in total. The van der Waals surface area contributed by atoms with Crippen LogP contribution in [0.2, 0.25) is 0 Å². The molecule has 0 saturated heterocycles. The number of hydrogen-bond acceptors (Lipinski definition) is 1. The number of hydrogen-bond donors (Lipinski definition) is 0. The minimum atomic E-state index is 1.02. The molecular formula is C9H15N. The molecule has 0 rings (SSSR count). The van der Waals surface area contributed by atoms with Crippen molar-refractivity contribution < 1.29 is 0 Å². The Balaban J connectivity index is 4.35. The van der Waals surface area contributed by atoms with Gasteiger partial charge in [0.1, 0.15) is 0 Å². The van der Waals surface area contributed by atoms with Crippen LogP contribution in [0.15, 0.2) is 29.3 Å². The lowest BCUT2D eigenvalue weighted by atomic mass is 10.1. The van der Waals surface area contributed by atoms with Crippen LogP contribution in [0.5, 0.6) is 0 Å². The summed E-state index contributed by atoms with van der Waals surface area (Å²) in [7, 11) is 1.81. The molecule has 56 valence electrons. The molecule has 0 aliphatic carbocycles. The Morgan fingerprint density at radius 2 is 2.20 bits per heavy atom. The number of nitrogens with zero attached hydrogens (tertiary/aromatic N) is 1. The Morgan fingerprint density at radius 1 is 1.60 bits per heavy atom. The highest BCUT2D eigenvalue weighted by atomic mass is 14.7. The maximum atomic E-state index is 4.08. The summed E-state index contributed by atoms with van der Waals surface area (Å²) in [5.41, 5.74) is 2.36. The van der Waals surface area contributed by atoms with Crippen molar-refractivity contribution in [2.75, 3.05) is 7.05 Å². The van der Waals surface area contributed by atoms with Crippen LogP contribution >= 0.6 is 0 Å². The Bertz CT molecular complexity index is 164. The Morgan fingerprint density at radius 3 is 2.50 bits per heavy atom. The van der Waals surface area contributed by atoms with Gasteiger partial charge in [0.2, 0.25) is 0 Å². The van der Waals surface area contributed by atoms with E-state index in [0.29, 0.717) is 0 Å². The molecule has 0 amide bonds. The van der Waals surface area contributed by atoms with Gasteiger partial charge >= 0.3 is 0 Å². The van der Waals surface area contributed by atoms with Gasteiger partial charge in [0.05, 0.1) is 0 Å². The summed E-state index contributed by atoms with van der Waals surface area (Å²) in [5.74, 6) is 0. The Hall–Kier alpha value is -0.850. The molecule has 0 unspecified atom stereocenters. The zero-order valence-electron chi connectivity index (χ0n) is 7.02. The molecule has 0 N–H and O–H groups in total. The van der Waals surface area contributed by atoms with Gasteiger partial charge in [-0.15, -0.1) is 0 Å². The standard InChI is InChI=1S/C9H15N/c1-5-7-9(6-2)8(3)10-4/h5,7H,1,6H2,2-4H3/b9-7+,10-8?. The van der Waals surface area contributed by atoms with Crippen molar-refractivity contribution in [2.24, 2.45) is 4.99 Å². The van der Waals surface area contributed by atoms with E-state index in [1.807, 2.05) is 20.0 Å². The molecule has 0 bridgehead atoms. The van der Waals surface area contributed by atoms with Crippen LogP contribution < -0.4 is 0 Å². The summed E-state index contributed by atoms with van der Waals surface area (Å²) < 4.78 is 0. The Labute approximate surface area is 63.2 Å². The second-order valence-corrected chi connectivity index (χ2v) is 2.09. The van der Waals surface area contributed by atoms with Crippen molar-refractivity contribution in [1.82, 2.24) is 0 Å². The highest BCUT2D eigenvalue weighted by Gasteiger charge is 1.93. The highest BCUT2D eigenvalue weighted by Crippen LogP contribution is 2.02. The summed E-state index contributed by atoms with van der Waals surface area (Å²) in [4.78, 5) is 4.08. The molecule has 0 atom stereocenters. The summed E-state index contributed by atoms with van der Waals surface area (Å²) >= 11 is 0. The molecule has 0 aromatic carbocycles. The van der Waals surface area contributed by atoms with Crippen molar-refractivity contribution in [1.29, 1.82) is 0 Å². The van der Waals surface area contributed by atoms with E-state index in [1.165, 1.54) is 5.57 Å². The zero-order valence-corrected chi connectivity index (χ0v) is 7.02. The predicted octanol–water partition coefficient (Wildman–Crippen LogP) is 2.60. The van der Waals surface area contributed by atoms with Crippen LogP contribution in [0.1, 0.15) is 20.3 Å². The van der Waals surface area contributed by atoms with Crippen LogP contribution in [0, 0.1) is 0 Å². The van der Waals surface area contributed by atoms with Gasteiger partial charge in [-0.2, -0.15) is 0 Å². The van der Waals surface area contributed by atoms with E-state index in [0.717, 1.165) is 12.1 Å². The zero-order chi connectivity index (χ0) is 7.98. The lowest BCUT2D eigenvalue weighted by Gasteiger charge is -1.99. The molecule has 0 fully saturated rings. The van der Waals surface area contributed by atoms with E-state index in [1.54, 1.807) is 6.08 Å². The van der Waals surface area contributed by atoms with E-state index in [2.05, 4.69) is 18.5 Å². The molecule has 0 radical (unpaired) electrons. The predicted molar refractivity (Wildman–Crippen MR) is 47.6 cm³/mol. The fraction of sp³-hybridized carbons (Fsp3) is 0.444. The number of allylic oxidation sites excluding steroid dienone is 3. The van der Waals surface area contributed by atoms with Crippen LogP contribution in [-0.2, 0) is 0 Å². The van der Waals surface area contributed by atoms with Crippen molar-refractivity contribution in [3.8, 4) is 0 Å². The smallest absolute Gasteiger partial charge is 0.0345 e. The van der Waals surface area contributed by atoms with E-state index in [4.69, 9.17) is 0 Å². The first-order chi connectivity index (χ1) is 4.76. The van der Waals surface area contributed by atoms with Crippen molar-refractivity contribution in [3.05, 3.63) is 24.3 Å². The average molecular weight is 137 g/mol. The second-order valence-electron chi connectivity index (χ2n) is 2.09. The van der Waals surface area contributed by atoms with Crippen molar-refractivity contribution >= 4 is 5.71 Å². The first-order valence-electron chi connectivity index (χ1n) is 3.51. The third kappa shape index (κ3) is 2.62. The van der Waals surface area contributed by atoms with Gasteiger partial charge in [0.25, 0.3) is 0 Å². The molecule has 0 spiro atoms. The summed E-state index contributed by atoms with van der Waals surface area (Å²) in [6.45, 7) is 7.76. The lowest BCUT2D eigenvalue weighted by Crippen LogP contribution is -1.94. The third-order valence-corrected chi connectivity index (χ3v) is 1.50. The average Bonchev–Trinajstić information content (AvgIpc) is 1.99. The summed E-state index contributed by atoms with van der Waals surface area (Å²) in [5, 5.41) is 0. The monoisotopic (exact) mass is 137 g/mol. The van der Waals surface area contributed by atoms with Gasteiger partial charge in [-0.1, -0.05) is 25.7 Å². The molecule has 1 heteroatoms. The molecular weight excluding hydrogens is 122 g/mol. The molecule has 0 saturated carbocycles. The highest BCUT2D eigenvalue weighted by molar-refractivity contribution is 5.98. The third-order valence-electron chi connectivity index (χ3n) is 1.50. The normalized spacial score (nSPS) is 13.5. The largest absolute Gasteiger partial charge is 0.293 e. The molecule has 0 aliphatic heterocycles. The van der Waals surface area contributed by atoms with Gasteiger partial charge < -0.3 is 0 Å². The van der Waals surface area contributed by atoms with E-state index in [9.17, 15) is 0 Å². The molecule has 0 aliphatic rings. The lowest BCUT2D eigenvalue weighted by molar-refractivity contribution is 1.16. The van der Waals surface area contributed by atoms with E-state index in [-0.39, 0.29) is 0 Å². The summed E-state index contributed by atoms with van der Waals surface area (Å²) in [6.07, 6.45) is 4.82. The van der Waals surface area contributed by atoms with E-state index >= 15 is 0 Å². The van der Waals surface area contributed by atoms with E-state index < -0.39 is 0 Å². The first-order valence-corrected chi connectivity index (χ1v) is 3.51. The Kier molecular flexibility index (Phi) is 4.55. The van der Waals surface area contributed by atoms with Crippen molar-refractivity contribution in [3.63, 3.8) is 0 Å². The second kappa shape index (κ2) is 4.98. The van der Waals surface area contributed by atoms with Crippen LogP contribution in [-0.4, -0.2) is 12.8 Å². The van der Waals surface area contributed by atoms with Gasteiger partial charge in [0.15, 0.2) is 0 Å². The fourth-order valence-corrected chi connectivity index (χ4v) is 0.780. The van der Waals surface area contributed by atoms with Gasteiger partial charge in [0, 0.05) is 12.8 Å². The fourth-order valence-electron chi connectivity index (χ4n) is 0.780. The maximum Gasteiger partial charge on any atom is 0.0345 e. The molecule has 0 aromatic heterocycles. The minimum absolute atomic E-state index is 1.02. The van der Waals surface area contributed by atoms with Crippen LogP contribution in [0.3, 0.4) is 0 Å². The van der Waals surface area contributed by atoms with Crippen LogP contribution in [0.25, 0.3) is 0 Å². The summed E-state index contributed by atoms with van der Waals surface area (Å²) in [6, 6.07) is 0. The topological polar surface area (TPSA) is 12.4 Å². The molecule has 0 heterocycles. The molecule has 10 heavy (non-hydrogen) atoms. The number of rotatable bonds is 3. The van der Waals surface area contributed by atoms with Gasteiger partial charge in [-0.05, 0) is 18.9 Å². The van der Waals surface area contributed by atoms with Crippen molar-refractivity contribution in [2.45, 2.75) is 20.3 Å². The molecule has 0 aromatic rings. The van der Waals surface area contributed by atoms with Crippen LogP contribution in [0.4, 0.5) is 0 Å². The first kappa shape index (κ1) is 9.15. The van der Waals surface area contributed by atoms with Gasteiger partial charge in [-0.25, -0.2) is 0 Å².